The molecule has 28 heavy (non-hydrogen) atoms. The molecule has 2 aliphatic rings. The van der Waals surface area contributed by atoms with Crippen LogP contribution >= 0.6 is 0 Å². The topological polar surface area (TPSA) is 78.2 Å². The number of piperidine rings is 1. The molecule has 0 atom stereocenters. The third-order valence-electron chi connectivity index (χ3n) is 5.51. The third-order valence-corrected chi connectivity index (χ3v) is 5.51. The number of rotatable bonds is 3. The number of likely N-dealkylation sites (tertiary alicyclic amines) is 1. The van der Waals surface area contributed by atoms with E-state index in [4.69, 9.17) is 18.6 Å². The zero-order valence-corrected chi connectivity index (χ0v) is 16.2. The van der Waals surface area contributed by atoms with Crippen LogP contribution in [0.15, 0.2) is 28.7 Å². The molecule has 1 saturated heterocycles. The molecule has 7 nitrogen and oxygen atoms in total. The SMILES string of the molecule is COc1ccc2c(c1OC)OC1(CCN(C(=O)c3ccc(C)o3)CC1)CC2=O. The lowest BCUT2D eigenvalue weighted by atomic mass is 9.82. The first-order valence-electron chi connectivity index (χ1n) is 9.29. The minimum atomic E-state index is -0.639. The molecule has 0 unspecified atom stereocenters. The lowest BCUT2D eigenvalue weighted by Gasteiger charge is -2.44. The third kappa shape index (κ3) is 3.00. The molecule has 1 fully saturated rings. The molecule has 0 saturated carbocycles. The highest BCUT2D eigenvalue weighted by molar-refractivity contribution is 6.01. The van der Waals surface area contributed by atoms with Crippen molar-refractivity contribution in [2.75, 3.05) is 27.3 Å². The van der Waals surface area contributed by atoms with E-state index in [0.29, 0.717) is 60.3 Å². The van der Waals surface area contributed by atoms with Crippen LogP contribution in [0.4, 0.5) is 0 Å². The van der Waals surface area contributed by atoms with Crippen molar-refractivity contribution in [2.24, 2.45) is 0 Å². The fourth-order valence-electron chi connectivity index (χ4n) is 3.96. The van der Waals surface area contributed by atoms with E-state index < -0.39 is 5.60 Å². The molecule has 1 spiro atoms. The maximum atomic E-state index is 12.8. The Labute approximate surface area is 163 Å². The Morgan fingerprint density at radius 1 is 1.11 bits per heavy atom. The number of aryl methyl sites for hydroxylation is 1. The molecule has 148 valence electrons. The predicted octanol–water partition coefficient (Wildman–Crippen LogP) is 3.25. The van der Waals surface area contributed by atoms with Crippen molar-refractivity contribution in [1.29, 1.82) is 0 Å². The summed E-state index contributed by atoms with van der Waals surface area (Å²) < 4.78 is 22.6. The van der Waals surface area contributed by atoms with Crippen LogP contribution in [-0.4, -0.2) is 49.5 Å². The van der Waals surface area contributed by atoms with Gasteiger partial charge in [-0.3, -0.25) is 9.59 Å². The van der Waals surface area contributed by atoms with Gasteiger partial charge in [0.25, 0.3) is 5.91 Å². The van der Waals surface area contributed by atoms with E-state index >= 15 is 0 Å². The lowest BCUT2D eigenvalue weighted by Crippen LogP contribution is -2.52. The van der Waals surface area contributed by atoms with Crippen molar-refractivity contribution in [3.05, 3.63) is 41.3 Å². The summed E-state index contributed by atoms with van der Waals surface area (Å²) in [5.41, 5.74) is -0.132. The van der Waals surface area contributed by atoms with Gasteiger partial charge in [-0.05, 0) is 31.2 Å². The molecule has 0 bridgehead atoms. The second kappa shape index (κ2) is 6.89. The average molecular weight is 385 g/mol. The van der Waals surface area contributed by atoms with Crippen molar-refractivity contribution < 1.29 is 28.2 Å². The van der Waals surface area contributed by atoms with E-state index in [-0.39, 0.29) is 18.1 Å². The Hall–Kier alpha value is -2.96. The van der Waals surface area contributed by atoms with Crippen molar-refractivity contribution >= 4 is 11.7 Å². The molecular formula is C21H23NO6. The van der Waals surface area contributed by atoms with Crippen molar-refractivity contribution in [2.45, 2.75) is 31.8 Å². The highest BCUT2D eigenvalue weighted by Gasteiger charge is 2.45. The van der Waals surface area contributed by atoms with Crippen molar-refractivity contribution in [3.8, 4) is 17.2 Å². The summed E-state index contributed by atoms with van der Waals surface area (Å²) in [6.07, 6.45) is 1.41. The van der Waals surface area contributed by atoms with Crippen LogP contribution in [0.2, 0.25) is 0 Å². The van der Waals surface area contributed by atoms with Gasteiger partial charge in [0.1, 0.15) is 11.4 Å². The minimum Gasteiger partial charge on any atom is -0.493 e. The van der Waals surface area contributed by atoms with Crippen LogP contribution in [0.25, 0.3) is 0 Å². The quantitative estimate of drug-likeness (QED) is 0.807. The van der Waals surface area contributed by atoms with E-state index in [1.807, 2.05) is 6.92 Å². The van der Waals surface area contributed by atoms with Gasteiger partial charge in [-0.1, -0.05) is 0 Å². The van der Waals surface area contributed by atoms with Gasteiger partial charge in [0.05, 0.1) is 26.2 Å². The predicted molar refractivity (Wildman–Crippen MR) is 100 cm³/mol. The summed E-state index contributed by atoms with van der Waals surface area (Å²) >= 11 is 0. The Bertz CT molecular complexity index is 923. The summed E-state index contributed by atoms with van der Waals surface area (Å²) in [7, 11) is 3.07. The zero-order chi connectivity index (χ0) is 19.9. The fraction of sp³-hybridized carbons (Fsp3) is 0.429. The van der Waals surface area contributed by atoms with Crippen LogP contribution in [0, 0.1) is 6.92 Å². The molecule has 3 heterocycles. The Morgan fingerprint density at radius 3 is 2.46 bits per heavy atom. The molecular weight excluding hydrogens is 362 g/mol. The van der Waals surface area contributed by atoms with E-state index in [9.17, 15) is 9.59 Å². The lowest BCUT2D eigenvalue weighted by molar-refractivity contribution is -0.00816. The number of carbonyl (C=O) groups is 2. The van der Waals surface area contributed by atoms with Gasteiger partial charge in [-0.15, -0.1) is 0 Å². The van der Waals surface area contributed by atoms with Crippen LogP contribution in [0.5, 0.6) is 17.2 Å². The van der Waals surface area contributed by atoms with Gasteiger partial charge < -0.3 is 23.5 Å². The second-order valence-electron chi connectivity index (χ2n) is 7.27. The number of hydrogen-bond donors (Lipinski definition) is 0. The summed E-state index contributed by atoms with van der Waals surface area (Å²) in [6, 6.07) is 6.89. The first kappa shape index (κ1) is 18.4. The van der Waals surface area contributed by atoms with Gasteiger partial charge in [0.15, 0.2) is 23.0 Å². The molecule has 0 N–H and O–H groups in total. The maximum absolute atomic E-state index is 12.8. The average Bonchev–Trinajstić information content (AvgIpc) is 3.13. The van der Waals surface area contributed by atoms with Crippen LogP contribution in [0.1, 0.15) is 45.9 Å². The number of fused-ring (bicyclic) bond motifs is 1. The number of ether oxygens (including phenoxy) is 3. The van der Waals surface area contributed by atoms with Crippen LogP contribution in [-0.2, 0) is 0 Å². The molecule has 1 aromatic carbocycles. The normalized spacial score (nSPS) is 17.8. The second-order valence-corrected chi connectivity index (χ2v) is 7.27. The van der Waals surface area contributed by atoms with Crippen LogP contribution < -0.4 is 14.2 Å². The fourth-order valence-corrected chi connectivity index (χ4v) is 3.96. The zero-order valence-electron chi connectivity index (χ0n) is 16.2. The molecule has 1 aromatic heterocycles. The Morgan fingerprint density at radius 2 is 1.86 bits per heavy atom. The summed E-state index contributed by atoms with van der Waals surface area (Å²) in [6.45, 7) is 2.80. The van der Waals surface area contributed by atoms with Crippen molar-refractivity contribution in [3.63, 3.8) is 0 Å². The van der Waals surface area contributed by atoms with E-state index in [1.54, 1.807) is 36.3 Å². The number of nitrogens with zero attached hydrogens (tertiary/aromatic N) is 1. The summed E-state index contributed by atoms with van der Waals surface area (Å²) in [5.74, 6) is 2.30. The molecule has 1 amide bonds. The summed E-state index contributed by atoms with van der Waals surface area (Å²) in [5, 5.41) is 0. The first-order valence-corrected chi connectivity index (χ1v) is 9.29. The number of amides is 1. The number of carbonyl (C=O) groups excluding carboxylic acids is 2. The summed E-state index contributed by atoms with van der Waals surface area (Å²) in [4.78, 5) is 27.2. The maximum Gasteiger partial charge on any atom is 0.289 e. The Balaban J connectivity index is 1.55. The van der Waals surface area contributed by atoms with Gasteiger partial charge in [-0.2, -0.15) is 0 Å². The van der Waals surface area contributed by atoms with Gasteiger partial charge in [0.2, 0.25) is 5.75 Å². The molecule has 4 rings (SSSR count). The molecule has 0 aliphatic carbocycles. The smallest absolute Gasteiger partial charge is 0.289 e. The van der Waals surface area contributed by atoms with E-state index in [2.05, 4.69) is 0 Å². The molecule has 0 radical (unpaired) electrons. The number of hydrogen-bond acceptors (Lipinski definition) is 6. The highest BCUT2D eigenvalue weighted by Crippen LogP contribution is 2.47. The van der Waals surface area contributed by atoms with Crippen molar-refractivity contribution in [1.82, 2.24) is 4.90 Å². The van der Waals surface area contributed by atoms with Gasteiger partial charge in [-0.25, -0.2) is 0 Å². The largest absolute Gasteiger partial charge is 0.493 e. The Kier molecular flexibility index (Phi) is 4.53. The highest BCUT2D eigenvalue weighted by atomic mass is 16.5. The monoisotopic (exact) mass is 385 g/mol. The first-order chi connectivity index (χ1) is 13.5. The number of benzene rings is 1. The van der Waals surface area contributed by atoms with Gasteiger partial charge in [0, 0.05) is 25.9 Å². The van der Waals surface area contributed by atoms with Crippen LogP contribution in [0.3, 0.4) is 0 Å². The minimum absolute atomic E-state index is 0.0173. The van der Waals surface area contributed by atoms with E-state index in [1.165, 1.54) is 7.11 Å². The van der Waals surface area contributed by atoms with E-state index in [0.717, 1.165) is 0 Å². The number of methoxy groups -OCH3 is 2. The number of Topliss-reactive ketones (excluding diaryl/α,β-unsaturated/α-hetero) is 1. The number of ketones is 1. The molecule has 7 heteroatoms. The standard InChI is InChI=1S/C21H23NO6/c1-13-4-6-17(27-13)20(24)22-10-8-21(9-11-22)12-15(23)14-5-7-16(25-2)19(26-3)18(14)28-21/h4-7H,8-12H2,1-3H3. The number of furan rings is 1. The molecule has 2 aromatic rings. The molecule has 2 aliphatic heterocycles. The van der Waals surface area contributed by atoms with Gasteiger partial charge >= 0.3 is 0 Å².